The maximum Gasteiger partial charge on any atom is 0.250 e. The lowest BCUT2D eigenvalue weighted by molar-refractivity contribution is -0.0436. The van der Waals surface area contributed by atoms with Crippen molar-refractivity contribution < 1.29 is 0 Å². The van der Waals surface area contributed by atoms with Gasteiger partial charge in [0.15, 0.2) is 0 Å². The van der Waals surface area contributed by atoms with E-state index < -0.39 is 0 Å². The van der Waals surface area contributed by atoms with Crippen molar-refractivity contribution in [3.63, 3.8) is 0 Å². The highest BCUT2D eigenvalue weighted by Crippen LogP contribution is 2.56. The van der Waals surface area contributed by atoms with Gasteiger partial charge in [-0.05, 0) is 67.8 Å². The van der Waals surface area contributed by atoms with E-state index >= 15 is 0 Å². The molecule has 4 saturated carbocycles. The van der Waals surface area contributed by atoms with Crippen LogP contribution in [0.2, 0.25) is 0 Å². The minimum Gasteiger partial charge on any atom is -0.325 e. The Morgan fingerprint density at radius 3 is 2.30 bits per heavy atom. The summed E-state index contributed by atoms with van der Waals surface area (Å²) in [6, 6.07) is 5.50. The van der Waals surface area contributed by atoms with E-state index in [1.807, 2.05) is 16.7 Å². The summed E-state index contributed by atoms with van der Waals surface area (Å²) in [7, 11) is 0. The van der Waals surface area contributed by atoms with Gasteiger partial charge in [0.25, 0.3) is 5.56 Å². The second-order valence-corrected chi connectivity index (χ2v) is 7.26. The molecule has 108 valence electrons. The van der Waals surface area contributed by atoms with Crippen molar-refractivity contribution in [2.24, 2.45) is 35.3 Å². The van der Waals surface area contributed by atoms with Crippen LogP contribution in [0.5, 0.6) is 0 Å². The van der Waals surface area contributed by atoms with Crippen LogP contribution in [0.4, 0.5) is 0 Å². The van der Waals surface area contributed by atoms with Gasteiger partial charge in [0, 0.05) is 24.8 Å². The Morgan fingerprint density at radius 1 is 1.05 bits per heavy atom. The van der Waals surface area contributed by atoms with Crippen LogP contribution in [0, 0.1) is 29.6 Å². The number of nitrogens with two attached hydrogens (primary N) is 1. The second kappa shape index (κ2) is 4.73. The van der Waals surface area contributed by atoms with E-state index in [1.54, 1.807) is 6.07 Å². The van der Waals surface area contributed by atoms with Gasteiger partial charge in [-0.2, -0.15) is 0 Å². The largest absolute Gasteiger partial charge is 0.325 e. The van der Waals surface area contributed by atoms with Crippen LogP contribution in [0.3, 0.4) is 0 Å². The molecule has 4 bridgehead atoms. The van der Waals surface area contributed by atoms with Crippen molar-refractivity contribution in [3.05, 3.63) is 34.2 Å². The standard InChI is InChI=1S/C17H24N2O/c18-9-15-2-1-3-17(20)19(15)10-16-13-5-11-4-12(7-13)8-14(16)6-11/h1-3,11-14,16H,4-10,18H2. The fraction of sp³-hybridized carbons (Fsp3) is 0.706. The predicted octanol–water partition coefficient (Wildman–Crippen LogP) is 2.38. The highest BCUT2D eigenvalue weighted by molar-refractivity contribution is 5.07. The Bertz CT molecular complexity index is 534. The molecule has 2 N–H and O–H groups in total. The first-order chi connectivity index (χ1) is 9.74. The Balaban J connectivity index is 1.62. The molecule has 20 heavy (non-hydrogen) atoms. The lowest BCUT2D eigenvalue weighted by Gasteiger charge is -2.54. The first-order valence-electron chi connectivity index (χ1n) is 8.13. The van der Waals surface area contributed by atoms with Crippen LogP contribution in [0.15, 0.2) is 23.0 Å². The molecular formula is C17H24N2O. The van der Waals surface area contributed by atoms with Crippen LogP contribution in [0.1, 0.15) is 37.8 Å². The van der Waals surface area contributed by atoms with Crippen molar-refractivity contribution in [1.82, 2.24) is 4.57 Å². The first kappa shape index (κ1) is 12.6. The molecular weight excluding hydrogens is 248 g/mol. The summed E-state index contributed by atoms with van der Waals surface area (Å²) in [6.45, 7) is 1.37. The Hall–Kier alpha value is -1.09. The fourth-order valence-corrected chi connectivity index (χ4v) is 5.50. The number of hydrogen-bond acceptors (Lipinski definition) is 2. The normalized spacial score (nSPS) is 38.4. The fourth-order valence-electron chi connectivity index (χ4n) is 5.50. The van der Waals surface area contributed by atoms with Crippen molar-refractivity contribution in [2.45, 2.75) is 45.2 Å². The summed E-state index contributed by atoms with van der Waals surface area (Å²) in [6.07, 6.45) is 7.14. The zero-order chi connectivity index (χ0) is 13.7. The summed E-state index contributed by atoms with van der Waals surface area (Å²) in [4.78, 5) is 12.2. The van der Waals surface area contributed by atoms with E-state index in [2.05, 4.69) is 0 Å². The number of pyridine rings is 1. The van der Waals surface area contributed by atoms with E-state index in [0.717, 1.165) is 35.9 Å². The molecule has 0 unspecified atom stereocenters. The quantitative estimate of drug-likeness (QED) is 0.918. The van der Waals surface area contributed by atoms with E-state index in [1.165, 1.54) is 32.1 Å². The van der Waals surface area contributed by atoms with Crippen LogP contribution in [0.25, 0.3) is 0 Å². The molecule has 1 aromatic heterocycles. The van der Waals surface area contributed by atoms with Crippen LogP contribution in [-0.2, 0) is 13.1 Å². The molecule has 4 fully saturated rings. The molecule has 0 radical (unpaired) electrons. The average Bonchev–Trinajstić information content (AvgIpc) is 2.43. The smallest absolute Gasteiger partial charge is 0.250 e. The van der Waals surface area contributed by atoms with Crippen molar-refractivity contribution in [3.8, 4) is 0 Å². The molecule has 0 spiro atoms. The number of hydrogen-bond donors (Lipinski definition) is 1. The molecule has 0 amide bonds. The zero-order valence-corrected chi connectivity index (χ0v) is 12.0. The topological polar surface area (TPSA) is 48.0 Å². The van der Waals surface area contributed by atoms with E-state index in [9.17, 15) is 4.79 Å². The number of nitrogens with zero attached hydrogens (tertiary/aromatic N) is 1. The molecule has 0 atom stereocenters. The van der Waals surface area contributed by atoms with Gasteiger partial charge in [-0.3, -0.25) is 4.79 Å². The molecule has 3 nitrogen and oxygen atoms in total. The molecule has 5 rings (SSSR count). The van der Waals surface area contributed by atoms with Gasteiger partial charge in [0.2, 0.25) is 0 Å². The molecule has 0 aliphatic heterocycles. The molecule has 4 aliphatic carbocycles. The minimum absolute atomic E-state index is 0.127. The maximum atomic E-state index is 12.2. The minimum atomic E-state index is 0.127. The maximum absolute atomic E-state index is 12.2. The van der Waals surface area contributed by atoms with Gasteiger partial charge < -0.3 is 10.3 Å². The highest BCUT2D eigenvalue weighted by atomic mass is 16.1. The number of rotatable bonds is 3. The zero-order valence-electron chi connectivity index (χ0n) is 12.0. The van der Waals surface area contributed by atoms with Crippen molar-refractivity contribution >= 4 is 0 Å². The molecule has 1 heterocycles. The van der Waals surface area contributed by atoms with Gasteiger partial charge in [-0.25, -0.2) is 0 Å². The Morgan fingerprint density at radius 2 is 1.70 bits per heavy atom. The average molecular weight is 272 g/mol. The Labute approximate surface area is 120 Å². The summed E-state index contributed by atoms with van der Waals surface area (Å²) < 4.78 is 1.95. The van der Waals surface area contributed by atoms with Crippen molar-refractivity contribution in [2.75, 3.05) is 0 Å². The third-order valence-corrected chi connectivity index (χ3v) is 6.16. The predicted molar refractivity (Wildman–Crippen MR) is 79.1 cm³/mol. The van der Waals surface area contributed by atoms with Crippen LogP contribution >= 0.6 is 0 Å². The first-order valence-corrected chi connectivity index (χ1v) is 8.13. The summed E-state index contributed by atoms with van der Waals surface area (Å²) in [5.74, 6) is 4.44. The monoisotopic (exact) mass is 272 g/mol. The third-order valence-electron chi connectivity index (χ3n) is 6.16. The lowest BCUT2D eigenvalue weighted by atomic mass is 9.52. The Kier molecular flexibility index (Phi) is 2.99. The lowest BCUT2D eigenvalue weighted by Crippen LogP contribution is -2.47. The summed E-state index contributed by atoms with van der Waals surface area (Å²) >= 11 is 0. The molecule has 0 aromatic carbocycles. The van der Waals surface area contributed by atoms with Crippen molar-refractivity contribution in [1.29, 1.82) is 0 Å². The number of aromatic nitrogens is 1. The molecule has 4 aliphatic rings. The van der Waals surface area contributed by atoms with Gasteiger partial charge in [-0.15, -0.1) is 0 Å². The highest BCUT2D eigenvalue weighted by Gasteiger charge is 2.48. The summed E-state index contributed by atoms with van der Waals surface area (Å²) in [5.41, 5.74) is 6.93. The van der Waals surface area contributed by atoms with E-state index in [-0.39, 0.29) is 5.56 Å². The van der Waals surface area contributed by atoms with Crippen LogP contribution in [-0.4, -0.2) is 4.57 Å². The molecule has 0 saturated heterocycles. The second-order valence-electron chi connectivity index (χ2n) is 7.26. The van der Waals surface area contributed by atoms with Crippen LogP contribution < -0.4 is 11.3 Å². The van der Waals surface area contributed by atoms with Gasteiger partial charge in [0.05, 0.1) is 0 Å². The summed E-state index contributed by atoms with van der Waals surface area (Å²) in [5, 5.41) is 0. The van der Waals surface area contributed by atoms with Gasteiger partial charge in [-0.1, -0.05) is 6.07 Å². The van der Waals surface area contributed by atoms with Gasteiger partial charge >= 0.3 is 0 Å². The molecule has 3 heteroatoms. The van der Waals surface area contributed by atoms with E-state index in [0.29, 0.717) is 12.5 Å². The van der Waals surface area contributed by atoms with Gasteiger partial charge in [0.1, 0.15) is 0 Å². The molecule has 1 aromatic rings. The SMILES string of the molecule is NCc1cccc(=O)n1CC1C2CC3CC(C2)CC1C3. The third kappa shape index (κ3) is 1.95. The van der Waals surface area contributed by atoms with E-state index in [4.69, 9.17) is 5.73 Å².